The smallest absolute Gasteiger partial charge is 0.317 e. The summed E-state index contributed by atoms with van der Waals surface area (Å²) in [6.45, 7) is 11.0. The first kappa shape index (κ1) is 21.2. The van der Waals surface area contributed by atoms with Crippen LogP contribution in [0.25, 0.3) is 0 Å². The Kier molecular flexibility index (Phi) is 8.62. The SMILES string of the molecule is CCCN(CC(=O)O)CC(=O)NC(c1ccc(C(C)C)cc1)C(C)C. The molecule has 5 heteroatoms. The predicted molar refractivity (Wildman–Crippen MR) is 101 cm³/mol. The summed E-state index contributed by atoms with van der Waals surface area (Å²) in [6, 6.07) is 8.27. The molecule has 1 aromatic carbocycles. The molecular formula is C20H32N2O3. The summed E-state index contributed by atoms with van der Waals surface area (Å²) in [4.78, 5) is 25.0. The predicted octanol–water partition coefficient (Wildman–Crippen LogP) is 3.42. The number of rotatable bonds is 10. The molecule has 1 unspecified atom stereocenters. The van der Waals surface area contributed by atoms with Gasteiger partial charge in [0.25, 0.3) is 0 Å². The highest BCUT2D eigenvalue weighted by Crippen LogP contribution is 2.24. The van der Waals surface area contributed by atoms with Crippen molar-refractivity contribution in [1.29, 1.82) is 0 Å². The van der Waals surface area contributed by atoms with Crippen LogP contribution in [0.4, 0.5) is 0 Å². The van der Waals surface area contributed by atoms with Crippen molar-refractivity contribution in [3.05, 3.63) is 35.4 Å². The van der Waals surface area contributed by atoms with Gasteiger partial charge in [0, 0.05) is 0 Å². The minimum atomic E-state index is -0.911. The Hall–Kier alpha value is -1.88. The summed E-state index contributed by atoms with van der Waals surface area (Å²) in [5.74, 6) is -0.333. The van der Waals surface area contributed by atoms with E-state index in [0.29, 0.717) is 12.5 Å². The fourth-order valence-corrected chi connectivity index (χ4v) is 2.87. The fraction of sp³-hybridized carbons (Fsp3) is 0.600. The Morgan fingerprint density at radius 2 is 1.60 bits per heavy atom. The summed E-state index contributed by atoms with van der Waals surface area (Å²) >= 11 is 0. The van der Waals surface area contributed by atoms with E-state index in [4.69, 9.17) is 5.11 Å². The first-order chi connectivity index (χ1) is 11.7. The number of aliphatic carboxylic acids is 1. The van der Waals surface area contributed by atoms with Gasteiger partial charge in [-0.3, -0.25) is 14.5 Å². The number of carboxylic acid groups (broad SMARTS) is 1. The lowest BCUT2D eigenvalue weighted by Crippen LogP contribution is -2.42. The standard InChI is InChI=1S/C20H32N2O3/c1-6-11-22(13-19(24)25)12-18(23)21-20(15(4)5)17-9-7-16(8-10-17)14(2)3/h7-10,14-15,20H,6,11-13H2,1-5H3,(H,21,23)(H,24,25). The van der Waals surface area contributed by atoms with Crippen LogP contribution in [-0.4, -0.2) is 41.5 Å². The molecule has 0 saturated carbocycles. The van der Waals surface area contributed by atoms with E-state index in [1.807, 2.05) is 6.92 Å². The highest BCUT2D eigenvalue weighted by molar-refractivity contribution is 5.79. The molecule has 0 radical (unpaired) electrons. The van der Waals surface area contributed by atoms with Gasteiger partial charge in [-0.1, -0.05) is 58.9 Å². The molecule has 0 fully saturated rings. The first-order valence-corrected chi connectivity index (χ1v) is 9.07. The average Bonchev–Trinajstić information content (AvgIpc) is 2.52. The van der Waals surface area contributed by atoms with E-state index >= 15 is 0 Å². The van der Waals surface area contributed by atoms with Crippen LogP contribution in [0.1, 0.15) is 64.1 Å². The number of hydrogen-bond acceptors (Lipinski definition) is 3. The van der Waals surface area contributed by atoms with Gasteiger partial charge >= 0.3 is 5.97 Å². The molecule has 0 aliphatic heterocycles. The van der Waals surface area contributed by atoms with Crippen LogP contribution < -0.4 is 5.32 Å². The monoisotopic (exact) mass is 348 g/mol. The van der Waals surface area contributed by atoms with Crippen molar-refractivity contribution in [2.75, 3.05) is 19.6 Å². The van der Waals surface area contributed by atoms with Crippen LogP contribution in [0, 0.1) is 5.92 Å². The zero-order valence-electron chi connectivity index (χ0n) is 16.1. The lowest BCUT2D eigenvalue weighted by molar-refractivity contribution is -0.138. The molecule has 0 bridgehead atoms. The highest BCUT2D eigenvalue weighted by Gasteiger charge is 2.20. The van der Waals surface area contributed by atoms with Crippen molar-refractivity contribution in [3.8, 4) is 0 Å². The second kappa shape index (κ2) is 10.2. The minimum absolute atomic E-state index is 0.0815. The van der Waals surface area contributed by atoms with E-state index in [1.165, 1.54) is 5.56 Å². The normalized spacial score (nSPS) is 12.6. The molecule has 0 aliphatic rings. The molecule has 5 nitrogen and oxygen atoms in total. The Bertz CT molecular complexity index is 553. The van der Waals surface area contributed by atoms with Crippen LogP contribution in [0.3, 0.4) is 0 Å². The van der Waals surface area contributed by atoms with E-state index in [0.717, 1.165) is 12.0 Å². The van der Waals surface area contributed by atoms with Gasteiger partial charge in [0.15, 0.2) is 0 Å². The number of benzene rings is 1. The van der Waals surface area contributed by atoms with Crippen LogP contribution in [0.2, 0.25) is 0 Å². The van der Waals surface area contributed by atoms with Crippen LogP contribution >= 0.6 is 0 Å². The van der Waals surface area contributed by atoms with Crippen LogP contribution in [0.5, 0.6) is 0 Å². The maximum absolute atomic E-state index is 12.4. The lowest BCUT2D eigenvalue weighted by atomic mass is 9.93. The topological polar surface area (TPSA) is 69.6 Å². The molecule has 1 amide bonds. The van der Waals surface area contributed by atoms with Gasteiger partial charge < -0.3 is 10.4 Å². The largest absolute Gasteiger partial charge is 0.480 e. The molecule has 1 atom stereocenters. The van der Waals surface area contributed by atoms with Gasteiger partial charge in [-0.25, -0.2) is 0 Å². The van der Waals surface area contributed by atoms with E-state index in [1.54, 1.807) is 4.90 Å². The van der Waals surface area contributed by atoms with E-state index < -0.39 is 5.97 Å². The number of carbonyl (C=O) groups excluding carboxylic acids is 1. The highest BCUT2D eigenvalue weighted by atomic mass is 16.4. The van der Waals surface area contributed by atoms with Gasteiger partial charge in [0.1, 0.15) is 0 Å². The van der Waals surface area contributed by atoms with Crippen molar-refractivity contribution in [3.63, 3.8) is 0 Å². The summed E-state index contributed by atoms with van der Waals surface area (Å²) in [5.41, 5.74) is 2.35. The molecule has 2 N–H and O–H groups in total. The van der Waals surface area contributed by atoms with Gasteiger partial charge in [-0.2, -0.15) is 0 Å². The van der Waals surface area contributed by atoms with Crippen LogP contribution in [-0.2, 0) is 9.59 Å². The molecule has 0 spiro atoms. The third kappa shape index (κ3) is 7.26. The fourth-order valence-electron chi connectivity index (χ4n) is 2.87. The Morgan fingerprint density at radius 3 is 2.04 bits per heavy atom. The number of carbonyl (C=O) groups is 2. The molecule has 0 heterocycles. The molecule has 0 aliphatic carbocycles. The zero-order valence-corrected chi connectivity index (χ0v) is 16.1. The number of nitrogens with one attached hydrogen (secondary N) is 1. The Balaban J connectivity index is 2.79. The van der Waals surface area contributed by atoms with Crippen molar-refractivity contribution in [1.82, 2.24) is 10.2 Å². The van der Waals surface area contributed by atoms with Crippen LogP contribution in [0.15, 0.2) is 24.3 Å². The molecule has 0 saturated heterocycles. The van der Waals surface area contributed by atoms with E-state index in [9.17, 15) is 9.59 Å². The van der Waals surface area contributed by atoms with Crippen molar-refractivity contribution >= 4 is 11.9 Å². The second-order valence-corrected chi connectivity index (χ2v) is 7.21. The summed E-state index contributed by atoms with van der Waals surface area (Å²) < 4.78 is 0. The number of nitrogens with zero attached hydrogens (tertiary/aromatic N) is 1. The third-order valence-corrected chi connectivity index (χ3v) is 4.21. The van der Waals surface area contributed by atoms with Crippen molar-refractivity contribution in [2.24, 2.45) is 5.92 Å². The van der Waals surface area contributed by atoms with Gasteiger partial charge in [0.05, 0.1) is 19.1 Å². The van der Waals surface area contributed by atoms with Gasteiger partial charge in [0.2, 0.25) is 5.91 Å². The average molecular weight is 348 g/mol. The van der Waals surface area contributed by atoms with Gasteiger partial charge in [-0.15, -0.1) is 0 Å². The van der Waals surface area contributed by atoms with E-state index in [2.05, 4.69) is 57.3 Å². The molecule has 0 aromatic heterocycles. The third-order valence-electron chi connectivity index (χ3n) is 4.21. The summed E-state index contributed by atoms with van der Waals surface area (Å²) in [6.07, 6.45) is 0.810. The van der Waals surface area contributed by atoms with Gasteiger partial charge in [-0.05, 0) is 35.9 Å². The quantitative estimate of drug-likeness (QED) is 0.680. The Labute approximate surface area is 151 Å². The Morgan fingerprint density at radius 1 is 1.04 bits per heavy atom. The summed E-state index contributed by atoms with van der Waals surface area (Å²) in [7, 11) is 0. The minimum Gasteiger partial charge on any atom is -0.480 e. The second-order valence-electron chi connectivity index (χ2n) is 7.21. The number of hydrogen-bond donors (Lipinski definition) is 2. The van der Waals surface area contributed by atoms with Crippen molar-refractivity contribution < 1.29 is 14.7 Å². The lowest BCUT2D eigenvalue weighted by Gasteiger charge is -2.25. The number of amides is 1. The van der Waals surface area contributed by atoms with Crippen molar-refractivity contribution in [2.45, 2.75) is 53.0 Å². The number of carboxylic acids is 1. The summed E-state index contributed by atoms with van der Waals surface area (Å²) in [5, 5.41) is 12.0. The molecule has 1 aromatic rings. The zero-order chi connectivity index (χ0) is 19.0. The molecular weight excluding hydrogens is 316 g/mol. The maximum Gasteiger partial charge on any atom is 0.317 e. The first-order valence-electron chi connectivity index (χ1n) is 9.07. The maximum atomic E-state index is 12.4. The van der Waals surface area contributed by atoms with E-state index in [-0.39, 0.29) is 31.0 Å². The molecule has 1 rings (SSSR count). The molecule has 25 heavy (non-hydrogen) atoms. The molecule has 140 valence electrons.